The minimum atomic E-state index is -0.275. The third-order valence-corrected chi connectivity index (χ3v) is 3.23. The van der Waals surface area contributed by atoms with Crippen LogP contribution in [0.5, 0.6) is 0 Å². The lowest BCUT2D eigenvalue weighted by Gasteiger charge is -2.10. The molecule has 6 nitrogen and oxygen atoms in total. The number of hydrogen-bond acceptors (Lipinski definition) is 3. The largest absolute Gasteiger partial charge is 0.338 e. The van der Waals surface area contributed by atoms with Crippen molar-refractivity contribution in [3.05, 3.63) is 41.7 Å². The van der Waals surface area contributed by atoms with E-state index >= 15 is 0 Å². The number of carbonyl (C=O) groups excluding carboxylic acids is 1. The number of hydrogen-bond donors (Lipinski definition) is 2. The van der Waals surface area contributed by atoms with E-state index in [-0.39, 0.29) is 6.03 Å². The van der Waals surface area contributed by atoms with Crippen molar-refractivity contribution in [1.82, 2.24) is 19.9 Å². The zero-order valence-electron chi connectivity index (χ0n) is 11.1. The monoisotopic (exact) mass is 293 g/mol. The highest BCUT2D eigenvalue weighted by Gasteiger charge is 2.07. The Bertz CT molecular complexity index is 570. The molecule has 0 aliphatic heterocycles. The Labute approximate surface area is 122 Å². The Morgan fingerprint density at radius 1 is 1.45 bits per heavy atom. The van der Waals surface area contributed by atoms with Crippen molar-refractivity contribution in [2.45, 2.75) is 19.9 Å². The predicted molar refractivity (Wildman–Crippen MR) is 77.8 cm³/mol. The summed E-state index contributed by atoms with van der Waals surface area (Å²) in [6, 6.07) is 1.39. The molecule has 0 aromatic carbocycles. The number of rotatable bonds is 5. The van der Waals surface area contributed by atoms with Crippen LogP contribution in [0.25, 0.3) is 0 Å². The number of amides is 2. The van der Waals surface area contributed by atoms with Crippen LogP contribution in [-0.2, 0) is 6.54 Å². The number of pyridine rings is 1. The van der Waals surface area contributed by atoms with Crippen molar-refractivity contribution in [2.24, 2.45) is 0 Å². The first-order chi connectivity index (χ1) is 9.66. The lowest BCUT2D eigenvalue weighted by Crippen LogP contribution is -2.30. The normalized spacial score (nSPS) is 10.3. The number of nitrogens with one attached hydrogen (secondary N) is 2. The standard InChI is InChI=1S/C13H16ClN5O/c1-10-12(14)11(3-5-16-10)18-13(20)17-4-2-7-19-8-6-15-9-19/h3,5-6,8-9H,2,4,7H2,1H3,(H2,16,17,18,20). The van der Waals surface area contributed by atoms with E-state index in [4.69, 9.17) is 11.6 Å². The summed E-state index contributed by atoms with van der Waals surface area (Å²) >= 11 is 6.05. The maximum atomic E-state index is 11.7. The van der Waals surface area contributed by atoms with Crippen molar-refractivity contribution in [2.75, 3.05) is 11.9 Å². The number of imidazole rings is 1. The fourth-order valence-corrected chi connectivity index (χ4v) is 1.85. The molecule has 0 saturated heterocycles. The van der Waals surface area contributed by atoms with Crippen LogP contribution in [-0.4, -0.2) is 27.1 Å². The second kappa shape index (κ2) is 6.91. The van der Waals surface area contributed by atoms with Gasteiger partial charge in [0.25, 0.3) is 0 Å². The minimum Gasteiger partial charge on any atom is -0.338 e. The molecule has 2 N–H and O–H groups in total. The van der Waals surface area contributed by atoms with Crippen molar-refractivity contribution in [3.8, 4) is 0 Å². The molecule has 0 saturated carbocycles. The van der Waals surface area contributed by atoms with Gasteiger partial charge in [-0.05, 0) is 19.4 Å². The molecule has 2 heterocycles. The summed E-state index contributed by atoms with van der Waals surface area (Å²) in [4.78, 5) is 19.7. The Morgan fingerprint density at radius 3 is 3.05 bits per heavy atom. The molecule has 2 aromatic rings. The van der Waals surface area contributed by atoms with Crippen molar-refractivity contribution in [1.29, 1.82) is 0 Å². The molecule has 7 heteroatoms. The lowest BCUT2D eigenvalue weighted by atomic mass is 10.3. The molecule has 0 fully saturated rings. The third-order valence-electron chi connectivity index (χ3n) is 2.75. The quantitative estimate of drug-likeness (QED) is 0.832. The highest BCUT2D eigenvalue weighted by molar-refractivity contribution is 6.34. The van der Waals surface area contributed by atoms with E-state index in [1.807, 2.05) is 10.8 Å². The van der Waals surface area contributed by atoms with Gasteiger partial charge < -0.3 is 15.2 Å². The SMILES string of the molecule is Cc1nccc(NC(=O)NCCCn2ccnc2)c1Cl. The molecular weight excluding hydrogens is 278 g/mol. The molecule has 0 spiro atoms. The van der Waals surface area contributed by atoms with Crippen molar-refractivity contribution < 1.29 is 4.79 Å². The van der Waals surface area contributed by atoms with Gasteiger partial charge in [-0.15, -0.1) is 0 Å². The van der Waals surface area contributed by atoms with Crippen LogP contribution in [0.3, 0.4) is 0 Å². The first-order valence-corrected chi connectivity index (χ1v) is 6.66. The van der Waals surface area contributed by atoms with Crippen LogP contribution in [0.4, 0.5) is 10.5 Å². The maximum absolute atomic E-state index is 11.7. The van der Waals surface area contributed by atoms with E-state index in [0.717, 1.165) is 13.0 Å². The summed E-state index contributed by atoms with van der Waals surface area (Å²) in [5, 5.41) is 5.94. The summed E-state index contributed by atoms with van der Waals surface area (Å²) in [5.74, 6) is 0. The number of anilines is 1. The summed E-state index contributed by atoms with van der Waals surface area (Å²) in [5.41, 5.74) is 1.25. The molecule has 0 aliphatic carbocycles. The highest BCUT2D eigenvalue weighted by atomic mass is 35.5. The molecule has 2 aromatic heterocycles. The van der Waals surface area contributed by atoms with Crippen LogP contribution in [0, 0.1) is 6.92 Å². The predicted octanol–water partition coefficient (Wildman–Crippen LogP) is 2.45. The maximum Gasteiger partial charge on any atom is 0.319 e. The number of nitrogens with zero attached hydrogens (tertiary/aromatic N) is 3. The molecule has 20 heavy (non-hydrogen) atoms. The van der Waals surface area contributed by atoms with E-state index in [1.165, 1.54) is 0 Å². The van der Waals surface area contributed by atoms with Crippen LogP contribution in [0.15, 0.2) is 31.0 Å². The van der Waals surface area contributed by atoms with Crippen molar-refractivity contribution >= 4 is 23.3 Å². The second-order valence-electron chi connectivity index (χ2n) is 4.29. The second-order valence-corrected chi connectivity index (χ2v) is 4.67. The molecule has 0 bridgehead atoms. The molecule has 106 valence electrons. The molecule has 0 atom stereocenters. The smallest absolute Gasteiger partial charge is 0.319 e. The molecule has 0 unspecified atom stereocenters. The summed E-state index contributed by atoms with van der Waals surface area (Å²) < 4.78 is 1.96. The first kappa shape index (κ1) is 14.3. The topological polar surface area (TPSA) is 71.8 Å². The van der Waals surface area contributed by atoms with Gasteiger partial charge in [-0.2, -0.15) is 0 Å². The fraction of sp³-hybridized carbons (Fsp3) is 0.308. The van der Waals surface area contributed by atoms with Crippen LogP contribution >= 0.6 is 11.6 Å². The molecule has 0 radical (unpaired) electrons. The van der Waals surface area contributed by atoms with Gasteiger partial charge in [-0.3, -0.25) is 4.98 Å². The molecule has 2 amide bonds. The first-order valence-electron chi connectivity index (χ1n) is 6.28. The van der Waals surface area contributed by atoms with Gasteiger partial charge >= 0.3 is 6.03 Å². The number of aromatic nitrogens is 3. The Hall–Kier alpha value is -2.08. The fourth-order valence-electron chi connectivity index (χ4n) is 1.69. The zero-order chi connectivity index (χ0) is 14.4. The van der Waals surface area contributed by atoms with Gasteiger partial charge in [0.05, 0.1) is 22.7 Å². The number of urea groups is 1. The summed E-state index contributed by atoms with van der Waals surface area (Å²) in [6.07, 6.45) is 7.80. The number of halogens is 1. The van der Waals surface area contributed by atoms with Gasteiger partial charge in [-0.1, -0.05) is 11.6 Å². The molecule has 0 aliphatic rings. The average molecular weight is 294 g/mol. The van der Waals surface area contributed by atoms with E-state index in [0.29, 0.717) is 22.9 Å². The average Bonchev–Trinajstić information content (AvgIpc) is 2.93. The Morgan fingerprint density at radius 2 is 2.30 bits per heavy atom. The molecule has 2 rings (SSSR count). The van der Waals surface area contributed by atoms with Gasteiger partial charge in [0, 0.05) is 31.7 Å². The van der Waals surface area contributed by atoms with E-state index < -0.39 is 0 Å². The van der Waals surface area contributed by atoms with E-state index in [1.54, 1.807) is 31.7 Å². The number of carbonyl (C=O) groups is 1. The zero-order valence-corrected chi connectivity index (χ0v) is 11.9. The highest BCUT2D eigenvalue weighted by Crippen LogP contribution is 2.22. The van der Waals surface area contributed by atoms with Gasteiger partial charge in [0.2, 0.25) is 0 Å². The van der Waals surface area contributed by atoms with Crippen LogP contribution in [0.2, 0.25) is 5.02 Å². The van der Waals surface area contributed by atoms with Crippen molar-refractivity contribution in [3.63, 3.8) is 0 Å². The Kier molecular flexibility index (Phi) is 4.95. The van der Waals surface area contributed by atoms with Gasteiger partial charge in [-0.25, -0.2) is 9.78 Å². The summed E-state index contributed by atoms with van der Waals surface area (Å²) in [7, 11) is 0. The van der Waals surface area contributed by atoms with E-state index in [2.05, 4.69) is 20.6 Å². The summed E-state index contributed by atoms with van der Waals surface area (Å²) in [6.45, 7) is 3.18. The third kappa shape index (κ3) is 3.96. The van der Waals surface area contributed by atoms with Crippen LogP contribution < -0.4 is 10.6 Å². The van der Waals surface area contributed by atoms with E-state index in [9.17, 15) is 4.79 Å². The van der Waals surface area contributed by atoms with Gasteiger partial charge in [0.15, 0.2) is 0 Å². The minimum absolute atomic E-state index is 0.275. The Balaban J connectivity index is 1.74. The van der Waals surface area contributed by atoms with Gasteiger partial charge in [0.1, 0.15) is 0 Å². The number of aryl methyl sites for hydroxylation is 2. The lowest BCUT2D eigenvalue weighted by molar-refractivity contribution is 0.252. The van der Waals surface area contributed by atoms with Crippen LogP contribution in [0.1, 0.15) is 12.1 Å². The molecular formula is C13H16ClN5O.